The van der Waals surface area contributed by atoms with Crippen molar-refractivity contribution >= 4 is 10.0 Å². The van der Waals surface area contributed by atoms with Gasteiger partial charge in [0.2, 0.25) is 10.0 Å². The highest BCUT2D eigenvalue weighted by Crippen LogP contribution is 2.19. The van der Waals surface area contributed by atoms with Crippen molar-refractivity contribution in [2.75, 3.05) is 13.1 Å². The fourth-order valence-electron chi connectivity index (χ4n) is 2.27. The lowest BCUT2D eigenvalue weighted by Crippen LogP contribution is -2.32. The topological polar surface area (TPSA) is 50.3 Å². The molecule has 0 spiro atoms. The zero-order chi connectivity index (χ0) is 16.2. The predicted octanol–water partition coefficient (Wildman–Crippen LogP) is 2.95. The third-order valence-electron chi connectivity index (χ3n) is 3.87. The quantitative estimate of drug-likeness (QED) is 0.823. The average molecular weight is 318 g/mol. The van der Waals surface area contributed by atoms with E-state index in [2.05, 4.69) is 4.98 Å². The Morgan fingerprint density at radius 2 is 1.73 bits per heavy atom. The van der Waals surface area contributed by atoms with E-state index in [0.29, 0.717) is 24.4 Å². The summed E-state index contributed by atoms with van der Waals surface area (Å²) in [7, 11) is -3.44. The first-order chi connectivity index (χ1) is 10.4. The van der Waals surface area contributed by atoms with Crippen LogP contribution in [0.5, 0.6) is 0 Å². The van der Waals surface area contributed by atoms with E-state index < -0.39 is 10.0 Å². The standard InChI is InChI=1S/C17H22N2O2S/c1-4-19(12-9-16-7-10-18-11-8-16)22(20,21)17-6-5-14(2)15(3)13-17/h5-8,10-11,13H,4,9,12H2,1-3H3. The molecule has 0 saturated carbocycles. The Bertz CT molecular complexity index is 728. The van der Waals surface area contributed by atoms with Crippen LogP contribution in [0.2, 0.25) is 0 Å². The van der Waals surface area contributed by atoms with Crippen molar-refractivity contribution in [1.82, 2.24) is 9.29 Å². The maximum Gasteiger partial charge on any atom is 0.243 e. The van der Waals surface area contributed by atoms with E-state index in [4.69, 9.17) is 0 Å². The van der Waals surface area contributed by atoms with Gasteiger partial charge in [0.1, 0.15) is 0 Å². The lowest BCUT2D eigenvalue weighted by molar-refractivity contribution is 0.431. The fraction of sp³-hybridized carbons (Fsp3) is 0.353. The molecule has 0 aliphatic carbocycles. The summed E-state index contributed by atoms with van der Waals surface area (Å²) < 4.78 is 27.0. The van der Waals surface area contributed by atoms with Gasteiger partial charge in [-0.05, 0) is 61.2 Å². The van der Waals surface area contributed by atoms with Gasteiger partial charge in [-0.1, -0.05) is 13.0 Å². The number of rotatable bonds is 6. The molecule has 5 heteroatoms. The van der Waals surface area contributed by atoms with Gasteiger partial charge in [0.25, 0.3) is 0 Å². The van der Waals surface area contributed by atoms with Crippen LogP contribution in [0.1, 0.15) is 23.6 Å². The number of aryl methyl sites for hydroxylation is 2. The Labute approximate surface area is 132 Å². The van der Waals surface area contributed by atoms with Crippen LogP contribution in [0, 0.1) is 13.8 Å². The minimum Gasteiger partial charge on any atom is -0.265 e. The number of benzene rings is 1. The van der Waals surface area contributed by atoms with E-state index in [1.165, 1.54) is 4.31 Å². The van der Waals surface area contributed by atoms with Crippen molar-refractivity contribution in [3.8, 4) is 0 Å². The van der Waals surface area contributed by atoms with E-state index in [1.807, 2.05) is 39.0 Å². The van der Waals surface area contributed by atoms with Crippen LogP contribution in [0.15, 0.2) is 47.6 Å². The Kier molecular flexibility index (Phi) is 5.32. The van der Waals surface area contributed by atoms with Crippen molar-refractivity contribution < 1.29 is 8.42 Å². The first-order valence-corrected chi connectivity index (χ1v) is 8.85. The minimum absolute atomic E-state index is 0.368. The van der Waals surface area contributed by atoms with Gasteiger partial charge in [-0.15, -0.1) is 0 Å². The molecule has 0 aliphatic heterocycles. The van der Waals surface area contributed by atoms with Crippen LogP contribution < -0.4 is 0 Å². The molecule has 1 heterocycles. The zero-order valence-electron chi connectivity index (χ0n) is 13.3. The minimum atomic E-state index is -3.44. The second-order valence-corrected chi connectivity index (χ2v) is 7.29. The molecule has 0 fully saturated rings. The maximum absolute atomic E-state index is 12.8. The van der Waals surface area contributed by atoms with Crippen LogP contribution in [-0.2, 0) is 16.4 Å². The van der Waals surface area contributed by atoms with E-state index >= 15 is 0 Å². The van der Waals surface area contributed by atoms with Crippen LogP contribution in [0.25, 0.3) is 0 Å². The van der Waals surface area contributed by atoms with Gasteiger partial charge in [0.05, 0.1) is 4.90 Å². The molecule has 0 N–H and O–H groups in total. The molecular formula is C17H22N2O2S. The summed E-state index contributed by atoms with van der Waals surface area (Å²) in [5.74, 6) is 0. The first kappa shape index (κ1) is 16.6. The number of pyridine rings is 1. The van der Waals surface area contributed by atoms with Crippen LogP contribution >= 0.6 is 0 Å². The lowest BCUT2D eigenvalue weighted by Gasteiger charge is -2.21. The summed E-state index contributed by atoms with van der Waals surface area (Å²) >= 11 is 0. The van der Waals surface area contributed by atoms with Gasteiger partial charge < -0.3 is 0 Å². The molecule has 2 rings (SSSR count). The van der Waals surface area contributed by atoms with Gasteiger partial charge in [0, 0.05) is 25.5 Å². The smallest absolute Gasteiger partial charge is 0.243 e. The van der Waals surface area contributed by atoms with Gasteiger partial charge in [-0.25, -0.2) is 8.42 Å². The van der Waals surface area contributed by atoms with Gasteiger partial charge in [-0.3, -0.25) is 4.98 Å². The van der Waals surface area contributed by atoms with E-state index in [0.717, 1.165) is 16.7 Å². The van der Waals surface area contributed by atoms with Crippen molar-refractivity contribution in [3.63, 3.8) is 0 Å². The number of hydrogen-bond donors (Lipinski definition) is 0. The third kappa shape index (κ3) is 3.72. The SMILES string of the molecule is CCN(CCc1ccncc1)S(=O)(=O)c1ccc(C)c(C)c1. The number of nitrogens with zero attached hydrogens (tertiary/aromatic N) is 2. The molecule has 0 bridgehead atoms. The molecule has 0 radical (unpaired) electrons. The third-order valence-corrected chi connectivity index (χ3v) is 5.84. The number of likely N-dealkylation sites (N-methyl/N-ethyl adjacent to an activating group) is 1. The predicted molar refractivity (Wildman–Crippen MR) is 88.3 cm³/mol. The number of aromatic nitrogens is 1. The molecule has 2 aromatic rings. The molecule has 22 heavy (non-hydrogen) atoms. The molecule has 118 valence electrons. The Morgan fingerprint density at radius 1 is 1.05 bits per heavy atom. The van der Waals surface area contributed by atoms with Crippen molar-refractivity contribution in [1.29, 1.82) is 0 Å². The molecule has 1 aromatic heterocycles. The fourth-order valence-corrected chi connectivity index (χ4v) is 3.81. The Balaban J connectivity index is 2.19. The monoisotopic (exact) mass is 318 g/mol. The lowest BCUT2D eigenvalue weighted by atomic mass is 10.1. The Morgan fingerprint density at radius 3 is 2.32 bits per heavy atom. The van der Waals surface area contributed by atoms with Gasteiger partial charge in [-0.2, -0.15) is 4.31 Å². The summed E-state index contributed by atoms with van der Waals surface area (Å²) in [6, 6.07) is 9.12. The molecule has 0 amide bonds. The summed E-state index contributed by atoms with van der Waals surface area (Å²) in [6.07, 6.45) is 4.13. The summed E-state index contributed by atoms with van der Waals surface area (Å²) in [5.41, 5.74) is 3.17. The van der Waals surface area contributed by atoms with Crippen molar-refractivity contribution in [2.24, 2.45) is 0 Å². The second kappa shape index (κ2) is 7.03. The first-order valence-electron chi connectivity index (χ1n) is 7.41. The van der Waals surface area contributed by atoms with Crippen molar-refractivity contribution in [3.05, 3.63) is 59.4 Å². The van der Waals surface area contributed by atoms with Gasteiger partial charge in [0.15, 0.2) is 0 Å². The normalized spacial score (nSPS) is 11.8. The summed E-state index contributed by atoms with van der Waals surface area (Å²) in [5, 5.41) is 0. The average Bonchev–Trinajstić information content (AvgIpc) is 2.51. The molecule has 4 nitrogen and oxygen atoms in total. The molecule has 0 unspecified atom stereocenters. The van der Waals surface area contributed by atoms with E-state index in [9.17, 15) is 8.42 Å². The number of hydrogen-bond acceptors (Lipinski definition) is 3. The molecule has 0 aliphatic rings. The summed E-state index contributed by atoms with van der Waals surface area (Å²) in [4.78, 5) is 4.34. The van der Waals surface area contributed by atoms with Crippen LogP contribution in [-0.4, -0.2) is 30.8 Å². The molecule has 0 atom stereocenters. The van der Waals surface area contributed by atoms with E-state index in [-0.39, 0.29) is 0 Å². The highest BCUT2D eigenvalue weighted by molar-refractivity contribution is 7.89. The van der Waals surface area contributed by atoms with E-state index in [1.54, 1.807) is 24.5 Å². The second-order valence-electron chi connectivity index (χ2n) is 5.35. The van der Waals surface area contributed by atoms with Crippen LogP contribution in [0.3, 0.4) is 0 Å². The molecule has 1 aromatic carbocycles. The van der Waals surface area contributed by atoms with Gasteiger partial charge >= 0.3 is 0 Å². The Hall–Kier alpha value is -1.72. The zero-order valence-corrected chi connectivity index (χ0v) is 14.1. The van der Waals surface area contributed by atoms with Crippen molar-refractivity contribution in [2.45, 2.75) is 32.1 Å². The highest BCUT2D eigenvalue weighted by Gasteiger charge is 2.23. The largest absolute Gasteiger partial charge is 0.265 e. The summed E-state index contributed by atoms with van der Waals surface area (Å²) in [6.45, 7) is 6.70. The molecular weight excluding hydrogens is 296 g/mol. The molecule has 0 saturated heterocycles. The number of sulfonamides is 1. The highest BCUT2D eigenvalue weighted by atomic mass is 32.2. The van der Waals surface area contributed by atoms with Crippen LogP contribution in [0.4, 0.5) is 0 Å². The maximum atomic E-state index is 12.8.